The Morgan fingerprint density at radius 1 is 1.43 bits per heavy atom. The van der Waals surface area contributed by atoms with Crippen molar-refractivity contribution >= 4 is 11.7 Å². The fourth-order valence-electron chi connectivity index (χ4n) is 2.08. The maximum absolute atomic E-state index is 12.4. The Labute approximate surface area is 122 Å². The number of hydrogen-bond donors (Lipinski definition) is 2. The van der Waals surface area contributed by atoms with Crippen molar-refractivity contribution in [1.29, 1.82) is 0 Å². The predicted molar refractivity (Wildman–Crippen MR) is 77.0 cm³/mol. The van der Waals surface area contributed by atoms with E-state index in [9.17, 15) is 4.79 Å². The molecule has 0 aromatic heterocycles. The molecule has 21 heavy (non-hydrogen) atoms. The quantitative estimate of drug-likeness (QED) is 0.372. The first-order valence-electron chi connectivity index (χ1n) is 6.65. The monoisotopic (exact) mass is 293 g/mol. The van der Waals surface area contributed by atoms with Gasteiger partial charge in [-0.1, -0.05) is 12.1 Å². The summed E-state index contributed by atoms with van der Waals surface area (Å²) in [5.74, 6) is 0.915. The summed E-state index contributed by atoms with van der Waals surface area (Å²) in [5, 5.41) is 11.6. The number of ether oxygens (including phenoxy) is 2. The minimum atomic E-state index is -0.235. The van der Waals surface area contributed by atoms with Gasteiger partial charge < -0.3 is 25.3 Å². The van der Waals surface area contributed by atoms with E-state index >= 15 is 0 Å². The minimum Gasteiger partial charge on any atom is -0.486 e. The first-order valence-corrected chi connectivity index (χ1v) is 6.65. The normalized spacial score (nSPS) is 15.4. The third-order valence-corrected chi connectivity index (χ3v) is 3.30. The Kier molecular flexibility index (Phi) is 4.52. The summed E-state index contributed by atoms with van der Waals surface area (Å²) in [6.45, 7) is 3.12. The number of benzene rings is 1. The van der Waals surface area contributed by atoms with Crippen molar-refractivity contribution in [3.05, 3.63) is 23.8 Å². The van der Waals surface area contributed by atoms with Crippen LogP contribution in [0.15, 0.2) is 23.4 Å². The van der Waals surface area contributed by atoms with Gasteiger partial charge in [-0.05, 0) is 18.2 Å². The Hall–Kier alpha value is -2.44. The molecule has 1 aromatic carbocycles. The molecule has 0 saturated carbocycles. The molecule has 3 N–H and O–H groups in total. The maximum Gasteiger partial charge on any atom is 0.253 e. The molecule has 1 aliphatic rings. The van der Waals surface area contributed by atoms with Crippen LogP contribution in [0.3, 0.4) is 0 Å². The number of hydrogen-bond acceptors (Lipinski definition) is 5. The van der Waals surface area contributed by atoms with Crippen LogP contribution in [0.4, 0.5) is 0 Å². The van der Waals surface area contributed by atoms with Crippen LogP contribution in [0.2, 0.25) is 0 Å². The zero-order valence-electron chi connectivity index (χ0n) is 12.1. The van der Waals surface area contributed by atoms with E-state index < -0.39 is 0 Å². The largest absolute Gasteiger partial charge is 0.486 e. The average Bonchev–Trinajstić information content (AvgIpc) is 2.52. The third kappa shape index (κ3) is 3.36. The van der Waals surface area contributed by atoms with Crippen LogP contribution in [0, 0.1) is 5.92 Å². The molecule has 7 nitrogen and oxygen atoms in total. The Morgan fingerprint density at radius 2 is 2.10 bits per heavy atom. The SMILES string of the molecule is CC(CN(C)C(=O)c1ccc2c(c1)OCCO2)C(N)=NO. The molecule has 0 bridgehead atoms. The Morgan fingerprint density at radius 3 is 2.76 bits per heavy atom. The molecule has 2 rings (SSSR count). The fraction of sp³-hybridized carbons (Fsp3) is 0.429. The molecule has 7 heteroatoms. The van der Waals surface area contributed by atoms with Crippen LogP contribution in [0.5, 0.6) is 11.5 Å². The van der Waals surface area contributed by atoms with E-state index in [1.165, 1.54) is 4.90 Å². The number of carbonyl (C=O) groups is 1. The van der Waals surface area contributed by atoms with Crippen LogP contribution in [0.1, 0.15) is 17.3 Å². The molecule has 1 aromatic rings. The lowest BCUT2D eigenvalue weighted by Gasteiger charge is -2.22. The zero-order valence-corrected chi connectivity index (χ0v) is 12.1. The van der Waals surface area contributed by atoms with Crippen molar-refractivity contribution in [3.8, 4) is 11.5 Å². The highest BCUT2D eigenvalue weighted by Crippen LogP contribution is 2.31. The van der Waals surface area contributed by atoms with Gasteiger partial charge in [0.25, 0.3) is 5.91 Å². The summed E-state index contributed by atoms with van der Waals surface area (Å²) in [6.07, 6.45) is 0. The molecule has 0 fully saturated rings. The molecular weight excluding hydrogens is 274 g/mol. The standard InChI is InChI=1S/C14H19N3O4/c1-9(13(15)16-19)8-17(2)14(18)10-3-4-11-12(7-10)21-6-5-20-11/h3-4,7,9,19H,5-6,8H2,1-2H3,(H2,15,16). The predicted octanol–water partition coefficient (Wildman–Crippen LogP) is 0.912. The second-order valence-corrected chi connectivity index (χ2v) is 4.97. The molecule has 1 heterocycles. The van der Waals surface area contributed by atoms with E-state index in [2.05, 4.69) is 5.16 Å². The summed E-state index contributed by atoms with van der Waals surface area (Å²) >= 11 is 0. The molecule has 0 aliphatic carbocycles. The summed E-state index contributed by atoms with van der Waals surface area (Å²) in [7, 11) is 1.67. The molecule has 114 valence electrons. The van der Waals surface area contributed by atoms with Gasteiger partial charge in [-0.3, -0.25) is 4.79 Å². The van der Waals surface area contributed by atoms with E-state index in [0.717, 1.165) is 0 Å². The first-order chi connectivity index (χ1) is 10.0. The zero-order chi connectivity index (χ0) is 15.4. The van der Waals surface area contributed by atoms with Gasteiger partial charge in [-0.2, -0.15) is 0 Å². The van der Waals surface area contributed by atoms with Crippen molar-refractivity contribution in [2.24, 2.45) is 16.8 Å². The van der Waals surface area contributed by atoms with Crippen molar-refractivity contribution in [2.45, 2.75) is 6.92 Å². The molecule has 0 spiro atoms. The van der Waals surface area contributed by atoms with Gasteiger partial charge in [-0.15, -0.1) is 0 Å². The molecule has 0 radical (unpaired) electrons. The Balaban J connectivity index is 2.09. The highest BCUT2D eigenvalue weighted by Gasteiger charge is 2.19. The molecular formula is C14H19N3O4. The molecule has 1 amide bonds. The fourth-order valence-corrected chi connectivity index (χ4v) is 2.08. The average molecular weight is 293 g/mol. The summed E-state index contributed by atoms with van der Waals surface area (Å²) in [6, 6.07) is 5.09. The Bertz CT molecular complexity index is 559. The lowest BCUT2D eigenvalue weighted by molar-refractivity contribution is 0.0785. The van der Waals surface area contributed by atoms with E-state index in [1.807, 2.05) is 0 Å². The van der Waals surface area contributed by atoms with Crippen molar-refractivity contribution in [3.63, 3.8) is 0 Å². The number of nitrogens with two attached hydrogens (primary N) is 1. The van der Waals surface area contributed by atoms with Gasteiger partial charge >= 0.3 is 0 Å². The van der Waals surface area contributed by atoms with Crippen LogP contribution >= 0.6 is 0 Å². The third-order valence-electron chi connectivity index (χ3n) is 3.30. The number of amidine groups is 1. The van der Waals surface area contributed by atoms with Crippen molar-refractivity contribution < 1.29 is 19.5 Å². The van der Waals surface area contributed by atoms with Crippen LogP contribution in [-0.4, -0.2) is 48.7 Å². The minimum absolute atomic E-state index is 0.0943. The van der Waals surface area contributed by atoms with Crippen molar-refractivity contribution in [1.82, 2.24) is 4.90 Å². The van der Waals surface area contributed by atoms with Gasteiger partial charge in [-0.25, -0.2) is 0 Å². The summed E-state index contributed by atoms with van der Waals surface area (Å²) in [5.41, 5.74) is 6.03. The van der Waals surface area contributed by atoms with Gasteiger partial charge in [0.05, 0.1) is 0 Å². The highest BCUT2D eigenvalue weighted by molar-refractivity contribution is 5.95. The first kappa shape index (κ1) is 15.0. The van der Waals surface area contributed by atoms with Gasteiger partial charge in [0.1, 0.15) is 19.0 Å². The highest BCUT2D eigenvalue weighted by atomic mass is 16.6. The summed E-state index contributed by atoms with van der Waals surface area (Å²) < 4.78 is 10.9. The summed E-state index contributed by atoms with van der Waals surface area (Å²) in [4.78, 5) is 13.9. The van der Waals surface area contributed by atoms with Gasteiger partial charge in [0, 0.05) is 25.1 Å². The smallest absolute Gasteiger partial charge is 0.253 e. The number of carbonyl (C=O) groups excluding carboxylic acids is 1. The number of rotatable bonds is 4. The van der Waals surface area contributed by atoms with E-state index in [4.69, 9.17) is 20.4 Å². The van der Waals surface area contributed by atoms with Gasteiger partial charge in [0.15, 0.2) is 11.5 Å². The number of fused-ring (bicyclic) bond motifs is 1. The van der Waals surface area contributed by atoms with E-state index in [1.54, 1.807) is 32.2 Å². The molecule has 1 unspecified atom stereocenters. The molecule has 1 aliphatic heterocycles. The van der Waals surface area contributed by atoms with Crippen LogP contribution < -0.4 is 15.2 Å². The second kappa shape index (κ2) is 6.34. The lowest BCUT2D eigenvalue weighted by atomic mass is 10.1. The number of oxime groups is 1. The van der Waals surface area contributed by atoms with Crippen LogP contribution in [0.25, 0.3) is 0 Å². The lowest BCUT2D eigenvalue weighted by Crippen LogP contribution is -2.36. The topological polar surface area (TPSA) is 97.4 Å². The molecule has 0 saturated heterocycles. The van der Waals surface area contributed by atoms with Gasteiger partial charge in [0.2, 0.25) is 0 Å². The maximum atomic E-state index is 12.4. The van der Waals surface area contributed by atoms with E-state index in [-0.39, 0.29) is 17.7 Å². The van der Waals surface area contributed by atoms with Crippen LogP contribution in [-0.2, 0) is 0 Å². The number of nitrogens with zero attached hydrogens (tertiary/aromatic N) is 2. The van der Waals surface area contributed by atoms with E-state index in [0.29, 0.717) is 36.8 Å². The number of amides is 1. The van der Waals surface area contributed by atoms with Crippen molar-refractivity contribution in [2.75, 3.05) is 26.8 Å². The molecule has 1 atom stereocenters. The second-order valence-electron chi connectivity index (χ2n) is 4.97.